The molecule has 0 bridgehead atoms. The Morgan fingerprint density at radius 3 is 2.65 bits per heavy atom. The first kappa shape index (κ1) is 20.0. The van der Waals surface area contributed by atoms with Gasteiger partial charge in [0.1, 0.15) is 5.82 Å². The number of aliphatic imine (C=N–C) groups is 1. The maximum absolute atomic E-state index is 12.2. The van der Waals surface area contributed by atoms with Gasteiger partial charge in [0.05, 0.1) is 0 Å². The summed E-state index contributed by atoms with van der Waals surface area (Å²) in [5.74, 6) is 1.77. The molecule has 0 radical (unpaired) electrons. The lowest BCUT2D eigenvalue weighted by molar-refractivity contribution is 0.509. The van der Waals surface area contributed by atoms with E-state index in [2.05, 4.69) is 27.6 Å². The Bertz CT molecular complexity index is 551. The van der Waals surface area contributed by atoms with Crippen molar-refractivity contribution in [3.05, 3.63) is 16.3 Å². The van der Waals surface area contributed by atoms with Gasteiger partial charge < -0.3 is 10.6 Å². The number of nitrogens with one attached hydrogen (secondary N) is 2. The minimum Gasteiger partial charge on any atom is -0.356 e. The minimum absolute atomic E-state index is 0. The Morgan fingerprint density at radius 2 is 2.00 bits per heavy atom. The Kier molecular flexibility index (Phi) is 9.27. The summed E-state index contributed by atoms with van der Waals surface area (Å²) in [6.45, 7) is 5.35. The summed E-state index contributed by atoms with van der Waals surface area (Å²) in [4.78, 5) is 16.4. The monoisotopic (exact) mass is 436 g/mol. The van der Waals surface area contributed by atoms with E-state index in [0.29, 0.717) is 6.54 Å². The molecule has 1 aliphatic rings. The van der Waals surface area contributed by atoms with E-state index in [-0.39, 0.29) is 29.7 Å². The molecule has 1 aromatic heterocycles. The summed E-state index contributed by atoms with van der Waals surface area (Å²) in [5.41, 5.74) is 0.0418. The van der Waals surface area contributed by atoms with Crippen LogP contribution in [0.2, 0.25) is 0 Å². The van der Waals surface area contributed by atoms with Crippen LogP contribution in [0.5, 0.6) is 0 Å². The van der Waals surface area contributed by atoms with Crippen molar-refractivity contribution < 1.29 is 0 Å². The number of aryl methyl sites for hydroxylation is 2. The van der Waals surface area contributed by atoms with E-state index < -0.39 is 0 Å². The highest BCUT2D eigenvalue weighted by Gasteiger charge is 2.16. The molecule has 0 atom stereocenters. The summed E-state index contributed by atoms with van der Waals surface area (Å²) in [7, 11) is 1.77. The third-order valence-electron chi connectivity index (χ3n) is 3.92. The van der Waals surface area contributed by atoms with Crippen molar-refractivity contribution >= 4 is 29.9 Å². The number of unbranched alkanes of at least 4 members (excludes halogenated alkanes) is 1. The predicted molar refractivity (Wildman–Crippen MR) is 104 cm³/mol. The van der Waals surface area contributed by atoms with Gasteiger partial charge in [0.2, 0.25) is 0 Å². The molecule has 0 unspecified atom stereocenters. The molecule has 0 fully saturated rings. The molecule has 0 spiro atoms. The molecule has 1 aliphatic heterocycles. The highest BCUT2D eigenvalue weighted by molar-refractivity contribution is 14.0. The van der Waals surface area contributed by atoms with Crippen molar-refractivity contribution in [2.45, 2.75) is 58.5 Å². The molecule has 2 N–H and O–H groups in total. The lowest BCUT2D eigenvalue weighted by atomic mass is 10.2. The van der Waals surface area contributed by atoms with Gasteiger partial charge in [-0.2, -0.15) is 5.10 Å². The van der Waals surface area contributed by atoms with Crippen LogP contribution in [-0.4, -0.2) is 40.4 Å². The fourth-order valence-electron chi connectivity index (χ4n) is 2.63. The van der Waals surface area contributed by atoms with Gasteiger partial charge >= 0.3 is 5.69 Å². The molecule has 7 nitrogen and oxygen atoms in total. The lowest BCUT2D eigenvalue weighted by Gasteiger charge is -2.11. The summed E-state index contributed by atoms with van der Waals surface area (Å²) in [6, 6.07) is 0. The van der Waals surface area contributed by atoms with Gasteiger partial charge in [-0.25, -0.2) is 9.48 Å². The van der Waals surface area contributed by atoms with Crippen molar-refractivity contribution in [2.75, 3.05) is 20.1 Å². The molecule has 2 rings (SSSR count). The topological polar surface area (TPSA) is 76.2 Å². The zero-order chi connectivity index (χ0) is 15.8. The number of fused-ring (bicyclic) bond motifs is 1. The maximum atomic E-state index is 12.2. The Hall–Kier alpha value is -1.06. The van der Waals surface area contributed by atoms with Gasteiger partial charge in [0.25, 0.3) is 0 Å². The van der Waals surface area contributed by atoms with Gasteiger partial charge in [-0.15, -0.1) is 24.0 Å². The number of halogens is 1. The van der Waals surface area contributed by atoms with Crippen molar-refractivity contribution in [1.29, 1.82) is 0 Å². The van der Waals surface area contributed by atoms with Crippen molar-refractivity contribution in [1.82, 2.24) is 25.0 Å². The first-order valence-corrected chi connectivity index (χ1v) is 8.37. The standard InChI is InChI=1S/C15H28N6O.HI/c1-3-4-9-17-14(16-2)18-10-7-12-21-15(22)20-11-6-5-8-13(20)19-21;/h3-12H2,1-2H3,(H2,16,17,18);1H. The van der Waals surface area contributed by atoms with Crippen LogP contribution in [-0.2, 0) is 19.5 Å². The molecule has 2 heterocycles. The molecule has 0 saturated heterocycles. The fraction of sp³-hybridized carbons (Fsp3) is 0.800. The summed E-state index contributed by atoms with van der Waals surface area (Å²) in [5, 5.41) is 11.0. The summed E-state index contributed by atoms with van der Waals surface area (Å²) in [6.07, 6.45) is 6.30. The number of rotatable bonds is 7. The van der Waals surface area contributed by atoms with E-state index in [1.165, 1.54) is 0 Å². The number of aromatic nitrogens is 3. The number of nitrogens with zero attached hydrogens (tertiary/aromatic N) is 4. The van der Waals surface area contributed by atoms with E-state index in [1.807, 2.05) is 4.57 Å². The molecule has 0 aromatic carbocycles. The molecule has 132 valence electrons. The molecular weight excluding hydrogens is 407 g/mol. The van der Waals surface area contributed by atoms with Gasteiger partial charge in [0, 0.05) is 39.6 Å². The Morgan fingerprint density at radius 1 is 1.26 bits per heavy atom. The van der Waals surface area contributed by atoms with Gasteiger partial charge in [-0.05, 0) is 25.7 Å². The van der Waals surface area contributed by atoms with Gasteiger partial charge in [-0.1, -0.05) is 13.3 Å². The number of hydrogen-bond donors (Lipinski definition) is 2. The first-order valence-electron chi connectivity index (χ1n) is 8.37. The van der Waals surface area contributed by atoms with E-state index in [0.717, 1.165) is 69.9 Å². The molecule has 23 heavy (non-hydrogen) atoms. The summed E-state index contributed by atoms with van der Waals surface area (Å²) >= 11 is 0. The smallest absolute Gasteiger partial charge is 0.345 e. The van der Waals surface area contributed by atoms with E-state index in [1.54, 1.807) is 11.7 Å². The van der Waals surface area contributed by atoms with Crippen LogP contribution < -0.4 is 16.3 Å². The Labute approximate surface area is 155 Å². The number of hydrogen-bond acceptors (Lipinski definition) is 3. The van der Waals surface area contributed by atoms with Crippen LogP contribution in [0.3, 0.4) is 0 Å². The molecule has 0 aliphatic carbocycles. The molecular formula is C15H29IN6O. The fourth-order valence-corrected chi connectivity index (χ4v) is 2.63. The lowest BCUT2D eigenvalue weighted by Crippen LogP contribution is -2.38. The average Bonchev–Trinajstić information content (AvgIpc) is 2.86. The highest BCUT2D eigenvalue weighted by Crippen LogP contribution is 2.09. The molecule has 0 saturated carbocycles. The zero-order valence-corrected chi connectivity index (χ0v) is 16.5. The number of guanidine groups is 1. The SMILES string of the molecule is CCCCNC(=NC)NCCCn1nc2n(c1=O)CCCC2.I. The van der Waals surface area contributed by atoms with Gasteiger partial charge in [-0.3, -0.25) is 9.56 Å². The van der Waals surface area contributed by atoms with E-state index >= 15 is 0 Å². The second-order valence-corrected chi connectivity index (χ2v) is 5.66. The maximum Gasteiger partial charge on any atom is 0.345 e. The second kappa shape index (κ2) is 10.7. The first-order chi connectivity index (χ1) is 10.8. The third kappa shape index (κ3) is 5.82. The normalized spacial score (nSPS) is 14.1. The summed E-state index contributed by atoms with van der Waals surface area (Å²) < 4.78 is 3.43. The largest absolute Gasteiger partial charge is 0.356 e. The van der Waals surface area contributed by atoms with Crippen molar-refractivity contribution in [2.24, 2.45) is 4.99 Å². The average molecular weight is 436 g/mol. The van der Waals surface area contributed by atoms with Crippen LogP contribution in [0.1, 0.15) is 44.9 Å². The molecule has 8 heteroatoms. The van der Waals surface area contributed by atoms with Crippen molar-refractivity contribution in [3.63, 3.8) is 0 Å². The second-order valence-electron chi connectivity index (χ2n) is 5.66. The quantitative estimate of drug-likeness (QED) is 0.293. The molecule has 0 amide bonds. The third-order valence-corrected chi connectivity index (χ3v) is 3.92. The van der Waals surface area contributed by atoms with Crippen LogP contribution in [0.25, 0.3) is 0 Å². The Balaban J connectivity index is 0.00000264. The van der Waals surface area contributed by atoms with E-state index in [4.69, 9.17) is 0 Å². The zero-order valence-electron chi connectivity index (χ0n) is 14.2. The van der Waals surface area contributed by atoms with Crippen molar-refractivity contribution in [3.8, 4) is 0 Å². The predicted octanol–water partition coefficient (Wildman–Crippen LogP) is 1.35. The van der Waals surface area contributed by atoms with Crippen LogP contribution in [0, 0.1) is 0 Å². The van der Waals surface area contributed by atoms with Crippen LogP contribution in [0.4, 0.5) is 0 Å². The van der Waals surface area contributed by atoms with Gasteiger partial charge in [0.15, 0.2) is 5.96 Å². The highest BCUT2D eigenvalue weighted by atomic mass is 127. The van der Waals surface area contributed by atoms with Crippen LogP contribution >= 0.6 is 24.0 Å². The van der Waals surface area contributed by atoms with E-state index in [9.17, 15) is 4.79 Å². The molecule has 1 aromatic rings. The minimum atomic E-state index is 0. The van der Waals surface area contributed by atoms with Crippen LogP contribution in [0.15, 0.2) is 9.79 Å².